The van der Waals surface area contributed by atoms with Crippen LogP contribution in [0.4, 0.5) is 0 Å². The normalized spacial score (nSPS) is 14.7. The third-order valence-corrected chi connectivity index (χ3v) is 1.52. The number of rotatable bonds is 4. The zero-order valence-electron chi connectivity index (χ0n) is 7.25. The fourth-order valence-corrected chi connectivity index (χ4v) is 0.808. The summed E-state index contributed by atoms with van der Waals surface area (Å²) in [6.07, 6.45) is 4.66. The van der Waals surface area contributed by atoms with Crippen molar-refractivity contribution in [3.05, 3.63) is 37.0 Å². The maximum absolute atomic E-state index is 9.53. The molecule has 1 unspecified atom stereocenters. The summed E-state index contributed by atoms with van der Waals surface area (Å²) in [5.74, 6) is 0.221. The Balaban J connectivity index is 4.37. The molecule has 0 saturated heterocycles. The Morgan fingerprint density at radius 3 is 2.18 bits per heavy atom. The van der Waals surface area contributed by atoms with E-state index < -0.39 is 6.10 Å². The van der Waals surface area contributed by atoms with Gasteiger partial charge in [0.25, 0.3) is 0 Å². The van der Waals surface area contributed by atoms with Crippen molar-refractivity contribution in [2.45, 2.75) is 20.0 Å². The van der Waals surface area contributed by atoms with Crippen LogP contribution in [0.1, 0.15) is 13.8 Å². The maximum Gasteiger partial charge on any atom is 0.0812 e. The van der Waals surface area contributed by atoms with Crippen LogP contribution >= 0.6 is 0 Å². The van der Waals surface area contributed by atoms with Crippen LogP contribution in [0.2, 0.25) is 0 Å². The van der Waals surface area contributed by atoms with Gasteiger partial charge < -0.3 is 5.11 Å². The van der Waals surface area contributed by atoms with Crippen LogP contribution < -0.4 is 0 Å². The van der Waals surface area contributed by atoms with E-state index in [9.17, 15) is 5.11 Å². The molecule has 0 spiro atoms. The molecule has 0 aromatic carbocycles. The Labute approximate surface area is 68.7 Å². The van der Waals surface area contributed by atoms with Gasteiger partial charge in [0.15, 0.2) is 0 Å². The van der Waals surface area contributed by atoms with Crippen LogP contribution in [0.5, 0.6) is 0 Å². The second-order valence-electron chi connectivity index (χ2n) is 2.80. The predicted molar refractivity (Wildman–Crippen MR) is 49.3 cm³/mol. The summed E-state index contributed by atoms with van der Waals surface area (Å²) in [6, 6.07) is 0. The lowest BCUT2D eigenvalue weighted by molar-refractivity contribution is 0.164. The Kier molecular flexibility index (Phi) is 4.55. The number of allylic oxidation sites excluding steroid dienone is 2. The zero-order valence-corrected chi connectivity index (χ0v) is 7.25. The van der Waals surface area contributed by atoms with Gasteiger partial charge in [0, 0.05) is 0 Å². The first kappa shape index (κ1) is 10.2. The van der Waals surface area contributed by atoms with Gasteiger partial charge in [0.05, 0.1) is 6.10 Å². The van der Waals surface area contributed by atoms with Crippen LogP contribution in [0.25, 0.3) is 0 Å². The van der Waals surface area contributed by atoms with Crippen LogP contribution in [0.15, 0.2) is 37.0 Å². The van der Waals surface area contributed by atoms with Gasteiger partial charge in [0.1, 0.15) is 0 Å². The molecule has 1 N–H and O–H groups in total. The van der Waals surface area contributed by atoms with Crippen LogP contribution in [0.3, 0.4) is 0 Å². The molecule has 0 amide bonds. The molecule has 1 nitrogen and oxygen atoms in total. The molecule has 0 aliphatic carbocycles. The van der Waals surface area contributed by atoms with Gasteiger partial charge in [-0.1, -0.05) is 45.2 Å². The van der Waals surface area contributed by atoms with Crippen molar-refractivity contribution in [2.24, 2.45) is 5.92 Å². The molecule has 0 radical (unpaired) electrons. The molecule has 0 aromatic heterocycles. The first-order chi connectivity index (χ1) is 5.13. The molecule has 0 bridgehead atoms. The van der Waals surface area contributed by atoms with E-state index >= 15 is 0 Å². The summed E-state index contributed by atoms with van der Waals surface area (Å²) in [5, 5.41) is 9.53. The van der Waals surface area contributed by atoms with E-state index in [1.807, 2.05) is 13.8 Å². The molecule has 62 valence electrons. The Hall–Kier alpha value is -0.820. The van der Waals surface area contributed by atoms with Crippen molar-refractivity contribution >= 4 is 0 Å². The minimum atomic E-state index is -0.425. The quantitative estimate of drug-likeness (QED) is 0.613. The van der Waals surface area contributed by atoms with E-state index in [-0.39, 0.29) is 5.92 Å². The van der Waals surface area contributed by atoms with Gasteiger partial charge in [-0.05, 0) is 11.5 Å². The molecule has 1 heteroatoms. The Morgan fingerprint density at radius 2 is 1.91 bits per heavy atom. The maximum atomic E-state index is 9.53. The van der Waals surface area contributed by atoms with Crippen molar-refractivity contribution in [3.8, 4) is 0 Å². The fourth-order valence-electron chi connectivity index (χ4n) is 0.808. The van der Waals surface area contributed by atoms with Crippen molar-refractivity contribution in [2.75, 3.05) is 0 Å². The molecule has 1 atom stereocenters. The average molecular weight is 152 g/mol. The van der Waals surface area contributed by atoms with Crippen LogP contribution in [-0.2, 0) is 0 Å². The topological polar surface area (TPSA) is 20.2 Å². The van der Waals surface area contributed by atoms with Gasteiger partial charge in [-0.15, -0.1) is 0 Å². The Morgan fingerprint density at radius 1 is 1.36 bits per heavy atom. The van der Waals surface area contributed by atoms with Crippen molar-refractivity contribution in [1.82, 2.24) is 0 Å². The summed E-state index contributed by atoms with van der Waals surface area (Å²) in [5.41, 5.74) is 0.829. The third-order valence-electron chi connectivity index (χ3n) is 1.52. The predicted octanol–water partition coefficient (Wildman–Crippen LogP) is 2.30. The van der Waals surface area contributed by atoms with E-state index in [0.717, 1.165) is 5.57 Å². The summed E-state index contributed by atoms with van der Waals surface area (Å²) < 4.78 is 0. The summed E-state index contributed by atoms with van der Waals surface area (Å²) in [4.78, 5) is 0. The molecule has 0 rings (SSSR count). The molecular weight excluding hydrogens is 136 g/mol. The number of hydrogen-bond donors (Lipinski definition) is 1. The molecule has 0 aliphatic heterocycles. The van der Waals surface area contributed by atoms with E-state index in [2.05, 4.69) is 13.2 Å². The second kappa shape index (κ2) is 4.91. The first-order valence-corrected chi connectivity index (χ1v) is 3.76. The number of aliphatic hydroxyl groups excluding tert-OH is 1. The first-order valence-electron chi connectivity index (χ1n) is 3.76. The largest absolute Gasteiger partial charge is 0.388 e. The lowest BCUT2D eigenvalue weighted by atomic mass is 9.99. The smallest absolute Gasteiger partial charge is 0.0812 e. The van der Waals surface area contributed by atoms with Gasteiger partial charge in [0.2, 0.25) is 0 Å². The molecule has 0 fully saturated rings. The monoisotopic (exact) mass is 152 g/mol. The SMILES string of the molecule is C=C/C=C(\C=C)C(O)C(C)C. The van der Waals surface area contributed by atoms with Crippen molar-refractivity contribution < 1.29 is 5.11 Å². The molecule has 11 heavy (non-hydrogen) atoms. The highest BCUT2D eigenvalue weighted by atomic mass is 16.3. The third kappa shape index (κ3) is 3.19. The molecular formula is C10H16O. The van der Waals surface area contributed by atoms with Crippen molar-refractivity contribution in [3.63, 3.8) is 0 Å². The lowest BCUT2D eigenvalue weighted by Crippen LogP contribution is -2.16. The van der Waals surface area contributed by atoms with Gasteiger partial charge in [-0.25, -0.2) is 0 Å². The minimum Gasteiger partial charge on any atom is -0.388 e. The van der Waals surface area contributed by atoms with Gasteiger partial charge >= 0.3 is 0 Å². The average Bonchev–Trinajstić information content (AvgIpc) is 1.98. The summed E-state index contributed by atoms with van der Waals surface area (Å²) in [6.45, 7) is 11.1. The highest BCUT2D eigenvalue weighted by Crippen LogP contribution is 2.12. The summed E-state index contributed by atoms with van der Waals surface area (Å²) in [7, 11) is 0. The molecule has 0 saturated carbocycles. The fraction of sp³-hybridized carbons (Fsp3) is 0.400. The lowest BCUT2D eigenvalue weighted by Gasteiger charge is -2.14. The van der Waals surface area contributed by atoms with Gasteiger partial charge in [-0.2, -0.15) is 0 Å². The number of aliphatic hydroxyl groups is 1. The number of hydrogen-bond acceptors (Lipinski definition) is 1. The molecule has 0 aliphatic rings. The molecule has 0 aromatic rings. The highest BCUT2D eigenvalue weighted by molar-refractivity contribution is 5.25. The highest BCUT2D eigenvalue weighted by Gasteiger charge is 2.10. The van der Waals surface area contributed by atoms with E-state index in [1.165, 1.54) is 0 Å². The standard InChI is InChI=1S/C10H16O/c1-5-7-9(6-2)10(11)8(3)4/h5-8,10-11H,1-2H2,3-4H3/b9-7+. The van der Waals surface area contributed by atoms with Crippen molar-refractivity contribution in [1.29, 1.82) is 0 Å². The van der Waals surface area contributed by atoms with E-state index in [0.29, 0.717) is 0 Å². The van der Waals surface area contributed by atoms with Crippen LogP contribution in [-0.4, -0.2) is 11.2 Å². The zero-order chi connectivity index (χ0) is 8.85. The summed E-state index contributed by atoms with van der Waals surface area (Å²) >= 11 is 0. The Bertz CT molecular complexity index is 166. The second-order valence-corrected chi connectivity index (χ2v) is 2.80. The van der Waals surface area contributed by atoms with E-state index in [4.69, 9.17) is 0 Å². The molecule has 0 heterocycles. The van der Waals surface area contributed by atoms with Gasteiger partial charge in [-0.3, -0.25) is 0 Å². The van der Waals surface area contributed by atoms with E-state index in [1.54, 1.807) is 18.2 Å². The minimum absolute atomic E-state index is 0.221. The van der Waals surface area contributed by atoms with Crippen LogP contribution in [0, 0.1) is 5.92 Å².